The second kappa shape index (κ2) is 14.2. The van der Waals surface area contributed by atoms with E-state index in [0.717, 1.165) is 22.4 Å². The van der Waals surface area contributed by atoms with E-state index in [-0.39, 0.29) is 24.7 Å². The van der Waals surface area contributed by atoms with E-state index in [1.54, 1.807) is 21.3 Å². The Kier molecular flexibility index (Phi) is 10.2. The number of carbonyl (C=O) groups excluding carboxylic acids is 2. The van der Waals surface area contributed by atoms with Gasteiger partial charge in [-0.2, -0.15) is 0 Å². The molecule has 8 nitrogen and oxygen atoms in total. The van der Waals surface area contributed by atoms with E-state index < -0.39 is 11.9 Å². The van der Waals surface area contributed by atoms with Gasteiger partial charge in [0.2, 0.25) is 0 Å². The van der Waals surface area contributed by atoms with Crippen LogP contribution in [0.4, 0.5) is 0 Å². The highest BCUT2D eigenvalue weighted by Gasteiger charge is 2.42. The molecule has 2 atom stereocenters. The lowest BCUT2D eigenvalue weighted by molar-refractivity contribution is -0.139. The minimum absolute atomic E-state index is 0.0412. The predicted molar refractivity (Wildman–Crippen MR) is 175 cm³/mol. The molecule has 45 heavy (non-hydrogen) atoms. The van der Waals surface area contributed by atoms with Crippen LogP contribution in [0.2, 0.25) is 0 Å². The molecule has 1 N–H and O–H groups in total. The second-order valence-electron chi connectivity index (χ2n) is 11.0. The van der Waals surface area contributed by atoms with E-state index in [1.165, 1.54) is 0 Å². The highest BCUT2D eigenvalue weighted by Crippen LogP contribution is 2.49. The van der Waals surface area contributed by atoms with Gasteiger partial charge in [-0.15, -0.1) is 0 Å². The minimum atomic E-state index is -0.661. The van der Waals surface area contributed by atoms with Crippen molar-refractivity contribution in [2.24, 2.45) is 0 Å². The molecule has 2 aliphatic rings. The highest BCUT2D eigenvalue weighted by molar-refractivity contribution is 9.10. The van der Waals surface area contributed by atoms with Gasteiger partial charge in [-0.05, 0) is 83.1 Å². The first kappa shape index (κ1) is 32.2. The van der Waals surface area contributed by atoms with Crippen molar-refractivity contribution in [1.29, 1.82) is 0 Å². The molecule has 1 heterocycles. The van der Waals surface area contributed by atoms with Crippen LogP contribution < -0.4 is 24.3 Å². The summed E-state index contributed by atoms with van der Waals surface area (Å²) in [5.74, 6) is 1.05. The van der Waals surface area contributed by atoms with Gasteiger partial charge in [-0.1, -0.05) is 36.4 Å². The topological polar surface area (TPSA) is 92.3 Å². The molecule has 236 valence electrons. The Labute approximate surface area is 272 Å². The monoisotopic (exact) mass is 675 g/mol. The van der Waals surface area contributed by atoms with Crippen molar-refractivity contribution in [3.63, 3.8) is 0 Å². The zero-order valence-corrected chi connectivity index (χ0v) is 27.8. The number of hydrogen-bond donors (Lipinski definition) is 1. The molecule has 3 aromatic carbocycles. The van der Waals surface area contributed by atoms with Gasteiger partial charge in [-0.3, -0.25) is 4.79 Å². The number of hydrogen-bond acceptors (Lipinski definition) is 8. The van der Waals surface area contributed by atoms with Crippen LogP contribution in [0.1, 0.15) is 55.2 Å². The Balaban J connectivity index is 1.54. The molecule has 0 aromatic heterocycles. The van der Waals surface area contributed by atoms with E-state index in [2.05, 4.69) is 21.2 Å². The number of Topliss-reactive ketones (excluding diaryl/α,β-unsaturated/α-hetero) is 1. The van der Waals surface area contributed by atoms with Gasteiger partial charge >= 0.3 is 5.97 Å². The van der Waals surface area contributed by atoms with E-state index in [0.29, 0.717) is 63.8 Å². The summed E-state index contributed by atoms with van der Waals surface area (Å²) in [7, 11) is 4.77. The SMILES string of the molecule is CCOc1cc([C@H]2C(C(=O)OCCc3ccccc3)=C(C)NC3=C2C(=O)C[C@H](c2ccc(OC)c(OC)c2)C3)cc(Br)c1OC. The van der Waals surface area contributed by atoms with Crippen molar-refractivity contribution in [2.75, 3.05) is 34.5 Å². The number of methoxy groups -OCH3 is 3. The highest BCUT2D eigenvalue weighted by atomic mass is 79.9. The molecule has 0 amide bonds. The van der Waals surface area contributed by atoms with Gasteiger partial charge in [0.25, 0.3) is 0 Å². The third-order valence-electron chi connectivity index (χ3n) is 8.26. The smallest absolute Gasteiger partial charge is 0.336 e. The number of ether oxygens (including phenoxy) is 5. The summed E-state index contributed by atoms with van der Waals surface area (Å²) in [6.07, 6.45) is 1.44. The van der Waals surface area contributed by atoms with Gasteiger partial charge in [-0.25, -0.2) is 4.79 Å². The quantitative estimate of drug-likeness (QED) is 0.217. The molecule has 0 fully saturated rings. The van der Waals surface area contributed by atoms with E-state index in [9.17, 15) is 9.59 Å². The average Bonchev–Trinajstić information content (AvgIpc) is 3.04. The lowest BCUT2D eigenvalue weighted by Gasteiger charge is -2.37. The Morgan fingerprint density at radius 2 is 1.64 bits per heavy atom. The first-order valence-corrected chi connectivity index (χ1v) is 15.8. The summed E-state index contributed by atoms with van der Waals surface area (Å²) in [5, 5.41) is 3.43. The van der Waals surface area contributed by atoms with Crippen LogP contribution >= 0.6 is 15.9 Å². The maximum atomic E-state index is 14.2. The first-order valence-electron chi connectivity index (χ1n) is 15.0. The Bertz CT molecular complexity index is 1650. The van der Waals surface area contributed by atoms with Crippen molar-refractivity contribution in [2.45, 2.75) is 44.9 Å². The standard InChI is InChI=1S/C36H38BrNO7/c1-6-44-31-20-25(16-26(37)35(31)43-5)33-32(36(40)45-15-14-22-10-8-7-9-11-22)21(2)38-27-17-24(18-28(39)34(27)33)23-12-13-29(41-3)30(19-23)42-4/h7-13,16,19-20,24,33,38H,6,14-15,17-18H2,1-5H3/t24-,33+/m1/s1. The largest absolute Gasteiger partial charge is 0.493 e. The number of dihydropyridines is 1. The number of benzene rings is 3. The lowest BCUT2D eigenvalue weighted by atomic mass is 9.71. The second-order valence-corrected chi connectivity index (χ2v) is 11.8. The van der Waals surface area contributed by atoms with E-state index >= 15 is 0 Å². The first-order chi connectivity index (χ1) is 21.8. The molecular formula is C36H38BrNO7. The zero-order chi connectivity index (χ0) is 32.1. The molecule has 0 saturated carbocycles. The molecular weight excluding hydrogens is 638 g/mol. The maximum Gasteiger partial charge on any atom is 0.336 e. The van der Waals surface area contributed by atoms with Crippen molar-refractivity contribution in [1.82, 2.24) is 5.32 Å². The molecule has 0 unspecified atom stereocenters. The Morgan fingerprint density at radius 3 is 2.33 bits per heavy atom. The third-order valence-corrected chi connectivity index (χ3v) is 8.85. The Hall–Kier alpha value is -4.24. The molecule has 1 aliphatic carbocycles. The van der Waals surface area contributed by atoms with Crippen LogP contribution in [0.25, 0.3) is 0 Å². The Morgan fingerprint density at radius 1 is 0.911 bits per heavy atom. The van der Waals surface area contributed by atoms with Crippen LogP contribution in [0.3, 0.4) is 0 Å². The number of ketones is 1. The number of allylic oxidation sites excluding steroid dienone is 3. The van der Waals surface area contributed by atoms with Crippen LogP contribution in [-0.2, 0) is 20.7 Å². The average molecular weight is 677 g/mol. The number of carbonyl (C=O) groups is 2. The van der Waals surface area contributed by atoms with Crippen molar-refractivity contribution in [3.8, 4) is 23.0 Å². The predicted octanol–water partition coefficient (Wildman–Crippen LogP) is 7.02. The van der Waals surface area contributed by atoms with E-state index in [4.69, 9.17) is 23.7 Å². The molecule has 0 spiro atoms. The van der Waals surface area contributed by atoms with E-state index in [1.807, 2.05) is 74.5 Å². The molecule has 9 heteroatoms. The van der Waals surface area contributed by atoms with Gasteiger partial charge in [0.1, 0.15) is 0 Å². The summed E-state index contributed by atoms with van der Waals surface area (Å²) in [5.41, 5.74) is 5.18. The normalized spacial score (nSPS) is 17.8. The fraction of sp³-hybridized carbons (Fsp3) is 0.333. The molecule has 5 rings (SSSR count). The van der Waals surface area contributed by atoms with Crippen LogP contribution in [-0.4, -0.2) is 46.3 Å². The van der Waals surface area contributed by atoms with Crippen molar-refractivity contribution in [3.05, 3.63) is 104 Å². The number of halogens is 1. The third kappa shape index (κ3) is 6.73. The molecule has 0 radical (unpaired) electrons. The van der Waals surface area contributed by atoms with Crippen LogP contribution in [0, 0.1) is 0 Å². The van der Waals surface area contributed by atoms with Gasteiger partial charge in [0.05, 0.1) is 44.6 Å². The van der Waals surface area contributed by atoms with Crippen molar-refractivity contribution >= 4 is 27.7 Å². The van der Waals surface area contributed by atoms with Crippen LogP contribution in [0.5, 0.6) is 23.0 Å². The number of esters is 1. The summed E-state index contributed by atoms with van der Waals surface area (Å²) >= 11 is 3.63. The van der Waals surface area contributed by atoms with Gasteiger partial charge in [0, 0.05) is 35.7 Å². The maximum absolute atomic E-state index is 14.2. The summed E-state index contributed by atoms with van der Waals surface area (Å²) in [4.78, 5) is 28.0. The van der Waals surface area contributed by atoms with Gasteiger partial charge in [0.15, 0.2) is 28.8 Å². The van der Waals surface area contributed by atoms with Gasteiger partial charge < -0.3 is 29.0 Å². The fourth-order valence-electron chi connectivity index (χ4n) is 6.19. The fourth-order valence-corrected chi connectivity index (χ4v) is 6.81. The number of nitrogens with one attached hydrogen (secondary N) is 1. The molecule has 1 aliphatic heterocycles. The summed E-state index contributed by atoms with van der Waals surface area (Å²) in [6, 6.07) is 19.4. The summed E-state index contributed by atoms with van der Waals surface area (Å²) < 4.78 is 29.0. The van der Waals surface area contributed by atoms with Crippen molar-refractivity contribution < 1.29 is 33.3 Å². The number of rotatable bonds is 11. The lowest BCUT2D eigenvalue weighted by Crippen LogP contribution is -2.36. The van der Waals surface area contributed by atoms with Crippen LogP contribution in [0.15, 0.2) is 87.7 Å². The molecule has 0 bridgehead atoms. The zero-order valence-electron chi connectivity index (χ0n) is 26.2. The summed E-state index contributed by atoms with van der Waals surface area (Å²) in [6.45, 7) is 4.38. The minimum Gasteiger partial charge on any atom is -0.493 e. The molecule has 3 aromatic rings. The molecule has 0 saturated heterocycles.